The maximum Gasteiger partial charge on any atom is 0.156 e. The molecule has 3 rings (SSSR count). The Balaban J connectivity index is 1.59. The van der Waals surface area contributed by atoms with Crippen molar-refractivity contribution in [2.75, 3.05) is 26.2 Å². The average Bonchev–Trinajstić information content (AvgIpc) is 3.16. The Bertz CT molecular complexity index is 585. The average molecular weight is 304 g/mol. The highest BCUT2D eigenvalue weighted by Gasteiger charge is 2.27. The third-order valence-corrected chi connectivity index (χ3v) is 3.83. The Kier molecular flexibility index (Phi) is 4.26. The third-order valence-electron chi connectivity index (χ3n) is 3.83. The van der Waals surface area contributed by atoms with E-state index >= 15 is 0 Å². The number of nitrogens with one attached hydrogen (secondary N) is 1. The molecule has 1 saturated heterocycles. The van der Waals surface area contributed by atoms with Crippen LogP contribution in [0.2, 0.25) is 0 Å². The Morgan fingerprint density at radius 2 is 2.23 bits per heavy atom. The molecule has 0 saturated carbocycles. The van der Waals surface area contributed by atoms with E-state index in [2.05, 4.69) is 46.0 Å². The van der Waals surface area contributed by atoms with Crippen molar-refractivity contribution in [2.45, 2.75) is 38.8 Å². The smallest absolute Gasteiger partial charge is 0.156 e. The lowest BCUT2D eigenvalue weighted by atomic mass is 9.96. The van der Waals surface area contributed by atoms with Gasteiger partial charge in [0.05, 0.1) is 13.2 Å². The van der Waals surface area contributed by atoms with Crippen LogP contribution in [0.15, 0.2) is 18.5 Å². The normalized spacial score (nSPS) is 20.4. The van der Waals surface area contributed by atoms with Crippen LogP contribution in [0, 0.1) is 0 Å². The van der Waals surface area contributed by atoms with Crippen molar-refractivity contribution < 1.29 is 4.74 Å². The van der Waals surface area contributed by atoms with Crippen LogP contribution in [-0.2, 0) is 16.7 Å². The Morgan fingerprint density at radius 3 is 2.91 bits per heavy atom. The van der Waals surface area contributed by atoms with Gasteiger partial charge >= 0.3 is 0 Å². The van der Waals surface area contributed by atoms with Crippen molar-refractivity contribution in [3.05, 3.63) is 30.1 Å². The molecule has 0 aromatic carbocycles. The maximum atomic E-state index is 5.86. The lowest BCUT2D eigenvalue weighted by Gasteiger charge is -2.31. The molecule has 0 aliphatic carbocycles. The predicted molar refractivity (Wildman–Crippen MR) is 82.4 cm³/mol. The van der Waals surface area contributed by atoms with Crippen molar-refractivity contribution in [3.63, 3.8) is 0 Å². The maximum absolute atomic E-state index is 5.86. The number of rotatable bonds is 4. The number of aromatic amines is 1. The Morgan fingerprint density at radius 1 is 1.36 bits per heavy atom. The first kappa shape index (κ1) is 15.2. The van der Waals surface area contributed by atoms with Crippen molar-refractivity contribution in [2.24, 2.45) is 0 Å². The van der Waals surface area contributed by atoms with Crippen LogP contribution < -0.4 is 0 Å². The minimum Gasteiger partial charge on any atom is -0.368 e. The van der Waals surface area contributed by atoms with Gasteiger partial charge in [0.15, 0.2) is 11.6 Å². The summed E-state index contributed by atoms with van der Waals surface area (Å²) < 4.78 is 7.81. The second-order valence-corrected chi connectivity index (χ2v) is 6.72. The molecule has 0 bridgehead atoms. The molecule has 1 aliphatic heterocycles. The number of nitrogens with zero attached hydrogens (tertiary/aromatic N) is 5. The fourth-order valence-corrected chi connectivity index (χ4v) is 2.50. The van der Waals surface area contributed by atoms with E-state index in [1.807, 2.05) is 23.1 Å². The van der Waals surface area contributed by atoms with Crippen LogP contribution in [0.5, 0.6) is 0 Å². The van der Waals surface area contributed by atoms with Gasteiger partial charge in [0.1, 0.15) is 6.10 Å². The molecule has 1 aliphatic rings. The van der Waals surface area contributed by atoms with Gasteiger partial charge in [0, 0.05) is 37.4 Å². The summed E-state index contributed by atoms with van der Waals surface area (Å²) in [6.45, 7) is 10.7. The quantitative estimate of drug-likeness (QED) is 0.923. The van der Waals surface area contributed by atoms with Crippen LogP contribution in [0.1, 0.15) is 38.5 Å². The molecule has 0 amide bonds. The topological polar surface area (TPSA) is 71.9 Å². The SMILES string of the molecule is CC(C)(C)c1n[nH]c(C2CN(CCn3cccn3)CCO2)n1. The van der Waals surface area contributed by atoms with E-state index in [0.717, 1.165) is 44.4 Å². The molecule has 3 heterocycles. The summed E-state index contributed by atoms with van der Waals surface area (Å²) in [7, 11) is 0. The molecule has 7 nitrogen and oxygen atoms in total. The molecule has 1 fully saturated rings. The fraction of sp³-hybridized carbons (Fsp3) is 0.667. The summed E-state index contributed by atoms with van der Waals surface area (Å²) in [6.07, 6.45) is 3.77. The van der Waals surface area contributed by atoms with Gasteiger partial charge in [-0.1, -0.05) is 20.8 Å². The van der Waals surface area contributed by atoms with Crippen molar-refractivity contribution in [3.8, 4) is 0 Å². The van der Waals surface area contributed by atoms with E-state index in [-0.39, 0.29) is 11.5 Å². The van der Waals surface area contributed by atoms with Crippen LogP contribution in [0.25, 0.3) is 0 Å². The third kappa shape index (κ3) is 3.53. The second kappa shape index (κ2) is 6.18. The van der Waals surface area contributed by atoms with Crippen LogP contribution in [-0.4, -0.2) is 56.1 Å². The summed E-state index contributed by atoms with van der Waals surface area (Å²) in [5.41, 5.74) is -0.0524. The first-order valence-electron chi connectivity index (χ1n) is 7.76. The zero-order valence-electron chi connectivity index (χ0n) is 13.5. The van der Waals surface area contributed by atoms with Gasteiger partial charge in [-0.2, -0.15) is 10.2 Å². The number of aromatic nitrogens is 5. The van der Waals surface area contributed by atoms with Gasteiger partial charge in [-0.25, -0.2) is 4.98 Å². The van der Waals surface area contributed by atoms with Gasteiger partial charge in [-0.3, -0.25) is 14.7 Å². The first-order valence-corrected chi connectivity index (χ1v) is 7.76. The van der Waals surface area contributed by atoms with Crippen molar-refractivity contribution >= 4 is 0 Å². The van der Waals surface area contributed by atoms with Gasteiger partial charge in [0.25, 0.3) is 0 Å². The highest BCUT2D eigenvalue weighted by molar-refractivity contribution is 5.04. The highest BCUT2D eigenvalue weighted by Crippen LogP contribution is 2.23. The van der Waals surface area contributed by atoms with Gasteiger partial charge in [-0.05, 0) is 6.07 Å². The Hall–Kier alpha value is -1.73. The molecule has 0 spiro atoms. The Labute approximate surface area is 130 Å². The van der Waals surface area contributed by atoms with E-state index in [4.69, 9.17) is 4.74 Å². The molecule has 1 N–H and O–H groups in total. The van der Waals surface area contributed by atoms with E-state index < -0.39 is 0 Å². The monoisotopic (exact) mass is 304 g/mol. The summed E-state index contributed by atoms with van der Waals surface area (Å²) in [6, 6.07) is 1.95. The lowest BCUT2D eigenvalue weighted by Crippen LogP contribution is -2.40. The van der Waals surface area contributed by atoms with Gasteiger partial charge < -0.3 is 4.74 Å². The van der Waals surface area contributed by atoms with Gasteiger partial charge in [-0.15, -0.1) is 0 Å². The van der Waals surface area contributed by atoms with Gasteiger partial charge in [0.2, 0.25) is 0 Å². The molecule has 0 radical (unpaired) electrons. The number of ether oxygens (including phenoxy) is 1. The number of H-pyrrole nitrogens is 1. The molecule has 1 unspecified atom stereocenters. The standard InChI is InChI=1S/C15H24N6O/c1-15(2,3)14-17-13(18-19-14)12-11-20(9-10-22-12)7-8-21-6-4-5-16-21/h4-6,12H,7-11H2,1-3H3,(H,17,18,19). The molecular weight excluding hydrogens is 280 g/mol. The van der Waals surface area contributed by atoms with Crippen LogP contribution in [0.4, 0.5) is 0 Å². The zero-order chi connectivity index (χ0) is 15.6. The lowest BCUT2D eigenvalue weighted by molar-refractivity contribution is -0.0352. The second-order valence-electron chi connectivity index (χ2n) is 6.72. The molecule has 22 heavy (non-hydrogen) atoms. The summed E-state index contributed by atoms with van der Waals surface area (Å²) in [4.78, 5) is 7.00. The molecule has 2 aromatic rings. The highest BCUT2D eigenvalue weighted by atomic mass is 16.5. The largest absolute Gasteiger partial charge is 0.368 e. The minimum atomic E-state index is -0.0524. The van der Waals surface area contributed by atoms with E-state index in [0.29, 0.717) is 0 Å². The minimum absolute atomic E-state index is 0.0324. The predicted octanol–water partition coefficient (Wildman–Crippen LogP) is 1.37. The van der Waals surface area contributed by atoms with Crippen LogP contribution in [0.3, 0.4) is 0 Å². The molecule has 1 atom stereocenters. The molecule has 7 heteroatoms. The number of morpholine rings is 1. The van der Waals surface area contributed by atoms with E-state index in [1.165, 1.54) is 0 Å². The molecule has 120 valence electrons. The molecular formula is C15H24N6O. The fourth-order valence-electron chi connectivity index (χ4n) is 2.50. The van der Waals surface area contributed by atoms with Crippen molar-refractivity contribution in [1.82, 2.24) is 29.9 Å². The summed E-state index contributed by atoms with van der Waals surface area (Å²) in [5.74, 6) is 1.66. The van der Waals surface area contributed by atoms with Crippen molar-refractivity contribution in [1.29, 1.82) is 0 Å². The summed E-state index contributed by atoms with van der Waals surface area (Å²) >= 11 is 0. The number of hydrogen-bond acceptors (Lipinski definition) is 5. The first-order chi connectivity index (χ1) is 10.5. The van der Waals surface area contributed by atoms with E-state index in [1.54, 1.807) is 0 Å². The molecule has 2 aromatic heterocycles. The summed E-state index contributed by atoms with van der Waals surface area (Å²) in [5, 5.41) is 11.6. The number of hydrogen-bond donors (Lipinski definition) is 1. The zero-order valence-corrected chi connectivity index (χ0v) is 13.5. The van der Waals surface area contributed by atoms with Crippen LogP contribution >= 0.6 is 0 Å². The van der Waals surface area contributed by atoms with E-state index in [9.17, 15) is 0 Å².